The fourth-order valence-electron chi connectivity index (χ4n) is 2.73. The van der Waals surface area contributed by atoms with Crippen molar-refractivity contribution in [2.75, 3.05) is 12.5 Å². The highest BCUT2D eigenvalue weighted by atomic mass is 32.2. The predicted molar refractivity (Wildman–Crippen MR) is 95.8 cm³/mol. The molecule has 1 aromatic carbocycles. The highest BCUT2D eigenvalue weighted by Gasteiger charge is 2.14. The number of nitrogens with one attached hydrogen (secondary N) is 1. The van der Waals surface area contributed by atoms with Gasteiger partial charge < -0.3 is 19.4 Å². The van der Waals surface area contributed by atoms with Crippen molar-refractivity contribution < 1.29 is 14.3 Å². The van der Waals surface area contributed by atoms with Gasteiger partial charge in [0.1, 0.15) is 5.03 Å². The first kappa shape index (κ1) is 15.8. The molecule has 0 saturated carbocycles. The van der Waals surface area contributed by atoms with Gasteiger partial charge in [0.2, 0.25) is 12.7 Å². The third-order valence-corrected chi connectivity index (χ3v) is 5.05. The molecule has 0 fully saturated rings. The number of carbonyl (C=O) groups is 1. The van der Waals surface area contributed by atoms with E-state index in [0.29, 0.717) is 12.3 Å². The Kier molecular flexibility index (Phi) is 4.23. The van der Waals surface area contributed by atoms with Crippen LogP contribution in [0.5, 0.6) is 11.5 Å². The van der Waals surface area contributed by atoms with Crippen LogP contribution in [0.15, 0.2) is 47.8 Å². The Labute approximate surface area is 149 Å². The first-order chi connectivity index (χ1) is 12.2. The molecule has 1 aliphatic heterocycles. The Morgan fingerprint density at radius 1 is 1.28 bits per heavy atom. The number of nitrogens with zero attached hydrogens (tertiary/aromatic N) is 2. The van der Waals surface area contributed by atoms with Gasteiger partial charge in [0.25, 0.3) is 0 Å². The van der Waals surface area contributed by atoms with Gasteiger partial charge in [-0.05, 0) is 29.8 Å². The molecular formula is C18H17N3O3S. The van der Waals surface area contributed by atoms with Crippen molar-refractivity contribution >= 4 is 28.6 Å². The van der Waals surface area contributed by atoms with Crippen LogP contribution in [0.3, 0.4) is 0 Å². The van der Waals surface area contributed by atoms with E-state index in [1.165, 1.54) is 11.8 Å². The number of thioether (sulfide) groups is 1. The number of fused-ring (bicyclic) bond motifs is 2. The molecule has 1 aliphatic rings. The van der Waals surface area contributed by atoms with E-state index in [4.69, 9.17) is 9.47 Å². The molecule has 0 bridgehead atoms. The normalized spacial score (nSPS) is 12.5. The lowest BCUT2D eigenvalue weighted by atomic mass is 10.2. The van der Waals surface area contributed by atoms with Gasteiger partial charge in [-0.15, -0.1) is 0 Å². The van der Waals surface area contributed by atoms with Gasteiger partial charge in [0, 0.05) is 31.4 Å². The van der Waals surface area contributed by atoms with Crippen molar-refractivity contribution in [1.29, 1.82) is 0 Å². The summed E-state index contributed by atoms with van der Waals surface area (Å²) >= 11 is 1.45. The Balaban J connectivity index is 1.34. The van der Waals surface area contributed by atoms with E-state index in [9.17, 15) is 4.79 Å². The van der Waals surface area contributed by atoms with Crippen LogP contribution in [0.1, 0.15) is 5.56 Å². The highest BCUT2D eigenvalue weighted by Crippen LogP contribution is 2.32. The molecule has 1 N–H and O–H groups in total. The average Bonchev–Trinajstić information content (AvgIpc) is 3.25. The van der Waals surface area contributed by atoms with Crippen LogP contribution in [0.2, 0.25) is 0 Å². The average molecular weight is 355 g/mol. The van der Waals surface area contributed by atoms with E-state index >= 15 is 0 Å². The van der Waals surface area contributed by atoms with Crippen molar-refractivity contribution in [1.82, 2.24) is 14.9 Å². The molecule has 25 heavy (non-hydrogen) atoms. The summed E-state index contributed by atoms with van der Waals surface area (Å²) in [5.74, 6) is 1.76. The van der Waals surface area contributed by atoms with E-state index in [1.54, 1.807) is 6.20 Å². The van der Waals surface area contributed by atoms with Gasteiger partial charge in [0.15, 0.2) is 11.5 Å². The molecule has 3 aromatic rings. The summed E-state index contributed by atoms with van der Waals surface area (Å²) in [5.41, 5.74) is 2.09. The maximum Gasteiger partial charge on any atom is 0.231 e. The Hall–Kier alpha value is -2.67. The summed E-state index contributed by atoms with van der Waals surface area (Å²) in [5, 5.41) is 4.86. The van der Waals surface area contributed by atoms with Gasteiger partial charge >= 0.3 is 0 Å². The molecule has 2 aromatic heterocycles. The zero-order valence-corrected chi connectivity index (χ0v) is 14.5. The minimum atomic E-state index is -0.0302. The maximum absolute atomic E-state index is 12.1. The molecule has 0 spiro atoms. The van der Waals surface area contributed by atoms with Gasteiger partial charge in [-0.2, -0.15) is 0 Å². The summed E-state index contributed by atoms with van der Waals surface area (Å²) in [6.07, 6.45) is 3.77. The standard InChI is InChI=1S/C18H17N3O3S/c1-21-7-5-13-14(21)4-6-19-18(13)25-10-17(22)20-9-12-2-3-15-16(8-12)24-11-23-15/h2-8H,9-11H2,1H3,(H,20,22). The van der Waals surface area contributed by atoms with Crippen LogP contribution >= 0.6 is 11.8 Å². The van der Waals surface area contributed by atoms with Crippen molar-refractivity contribution in [3.8, 4) is 11.5 Å². The molecule has 6 nitrogen and oxygen atoms in total. The number of carbonyl (C=O) groups excluding carboxylic acids is 1. The SMILES string of the molecule is Cn1ccc2c(SCC(=O)NCc3ccc4c(c3)OCO4)nccc21. The van der Waals surface area contributed by atoms with Crippen LogP contribution < -0.4 is 14.8 Å². The number of benzene rings is 1. The first-order valence-electron chi connectivity index (χ1n) is 7.89. The fraction of sp³-hybridized carbons (Fsp3) is 0.222. The quantitative estimate of drug-likeness (QED) is 0.713. The summed E-state index contributed by atoms with van der Waals surface area (Å²) in [6.45, 7) is 0.707. The molecule has 0 unspecified atom stereocenters. The summed E-state index contributed by atoms with van der Waals surface area (Å²) in [6, 6.07) is 9.67. The third kappa shape index (κ3) is 3.28. The predicted octanol–water partition coefficient (Wildman–Crippen LogP) is 2.71. The second kappa shape index (κ2) is 6.68. The van der Waals surface area contributed by atoms with Gasteiger partial charge in [-0.3, -0.25) is 4.79 Å². The van der Waals surface area contributed by atoms with Crippen molar-refractivity contribution in [2.45, 2.75) is 11.6 Å². The number of pyridine rings is 1. The lowest BCUT2D eigenvalue weighted by Crippen LogP contribution is -2.24. The summed E-state index contributed by atoms with van der Waals surface area (Å²) in [7, 11) is 1.99. The van der Waals surface area contributed by atoms with Crippen LogP contribution in [-0.4, -0.2) is 28.0 Å². The van der Waals surface area contributed by atoms with Gasteiger partial charge in [-0.1, -0.05) is 17.8 Å². The topological polar surface area (TPSA) is 65.4 Å². The molecule has 3 heterocycles. The third-order valence-electron chi connectivity index (χ3n) is 4.04. The van der Waals surface area contributed by atoms with Crippen molar-refractivity contribution in [3.63, 3.8) is 0 Å². The number of hydrogen-bond acceptors (Lipinski definition) is 5. The van der Waals surface area contributed by atoms with E-state index < -0.39 is 0 Å². The molecule has 0 saturated heterocycles. The van der Waals surface area contributed by atoms with Crippen LogP contribution in [0.4, 0.5) is 0 Å². The highest BCUT2D eigenvalue weighted by molar-refractivity contribution is 8.00. The van der Waals surface area contributed by atoms with Crippen LogP contribution in [0, 0.1) is 0 Å². The minimum Gasteiger partial charge on any atom is -0.454 e. The van der Waals surface area contributed by atoms with Crippen LogP contribution in [-0.2, 0) is 18.4 Å². The number of ether oxygens (including phenoxy) is 2. The molecule has 4 rings (SSSR count). The summed E-state index contributed by atoms with van der Waals surface area (Å²) in [4.78, 5) is 16.5. The van der Waals surface area contributed by atoms with Crippen molar-refractivity contribution in [3.05, 3.63) is 48.3 Å². The molecule has 0 atom stereocenters. The van der Waals surface area contributed by atoms with Crippen molar-refractivity contribution in [2.24, 2.45) is 7.05 Å². The largest absolute Gasteiger partial charge is 0.454 e. The molecular weight excluding hydrogens is 338 g/mol. The Morgan fingerprint density at radius 3 is 3.08 bits per heavy atom. The fourth-order valence-corrected chi connectivity index (χ4v) is 3.56. The van der Waals surface area contributed by atoms with Gasteiger partial charge in [-0.25, -0.2) is 4.98 Å². The number of aromatic nitrogens is 2. The maximum atomic E-state index is 12.1. The zero-order valence-electron chi connectivity index (χ0n) is 13.7. The zero-order chi connectivity index (χ0) is 17.2. The van der Waals surface area contributed by atoms with Gasteiger partial charge in [0.05, 0.1) is 11.3 Å². The lowest BCUT2D eigenvalue weighted by molar-refractivity contribution is -0.118. The second-order valence-electron chi connectivity index (χ2n) is 5.73. The first-order valence-corrected chi connectivity index (χ1v) is 8.87. The molecule has 0 aliphatic carbocycles. The lowest BCUT2D eigenvalue weighted by Gasteiger charge is -2.07. The van der Waals surface area contributed by atoms with E-state index in [2.05, 4.69) is 10.3 Å². The molecule has 128 valence electrons. The molecule has 1 amide bonds. The van der Waals surface area contributed by atoms with Crippen LogP contribution in [0.25, 0.3) is 10.9 Å². The number of aryl methyl sites for hydroxylation is 1. The number of hydrogen-bond donors (Lipinski definition) is 1. The van der Waals surface area contributed by atoms with E-state index in [0.717, 1.165) is 33.0 Å². The Morgan fingerprint density at radius 2 is 2.16 bits per heavy atom. The van der Waals surface area contributed by atoms with E-state index in [1.807, 2.05) is 48.1 Å². The second-order valence-corrected chi connectivity index (χ2v) is 6.69. The molecule has 0 radical (unpaired) electrons. The smallest absolute Gasteiger partial charge is 0.231 e. The number of amides is 1. The minimum absolute atomic E-state index is 0.0302. The summed E-state index contributed by atoms with van der Waals surface area (Å²) < 4.78 is 12.7. The van der Waals surface area contributed by atoms with E-state index in [-0.39, 0.29) is 12.7 Å². The number of rotatable bonds is 5. The Bertz CT molecular complexity index is 938. The molecule has 7 heteroatoms. The monoisotopic (exact) mass is 355 g/mol.